The van der Waals surface area contributed by atoms with Crippen LogP contribution in [0.25, 0.3) is 10.6 Å². The molecule has 0 amide bonds. The van der Waals surface area contributed by atoms with Gasteiger partial charge < -0.3 is 4.79 Å². The SMILES string of the molecule is Cc1nc(-c2cn(CCC=O)c(=O)n(C(=O)c3ccccc3)c2=O)sc1C. The smallest absolute Gasteiger partial charge is 0.303 e. The van der Waals surface area contributed by atoms with Gasteiger partial charge in [0.05, 0.1) is 11.3 Å². The Hall–Kier alpha value is -3.13. The predicted molar refractivity (Wildman–Crippen MR) is 102 cm³/mol. The first-order valence-corrected chi connectivity index (χ1v) is 9.10. The van der Waals surface area contributed by atoms with E-state index in [2.05, 4.69) is 4.98 Å². The third kappa shape index (κ3) is 3.56. The molecular weight excluding hydrogens is 366 g/mol. The molecule has 0 fully saturated rings. The molecule has 3 rings (SSSR count). The highest BCUT2D eigenvalue weighted by Crippen LogP contribution is 2.24. The molecule has 0 atom stereocenters. The molecule has 138 valence electrons. The van der Waals surface area contributed by atoms with E-state index in [0.29, 0.717) is 15.9 Å². The van der Waals surface area contributed by atoms with Crippen LogP contribution in [0.5, 0.6) is 0 Å². The molecule has 0 saturated carbocycles. The number of nitrogens with zero attached hydrogens (tertiary/aromatic N) is 3. The number of carbonyl (C=O) groups is 2. The third-order valence-corrected chi connectivity index (χ3v) is 5.23. The fourth-order valence-electron chi connectivity index (χ4n) is 2.58. The highest BCUT2D eigenvalue weighted by Gasteiger charge is 2.21. The van der Waals surface area contributed by atoms with Crippen molar-refractivity contribution in [3.8, 4) is 10.6 Å². The summed E-state index contributed by atoms with van der Waals surface area (Å²) in [7, 11) is 0. The molecule has 8 heteroatoms. The van der Waals surface area contributed by atoms with Crippen LogP contribution >= 0.6 is 11.3 Å². The molecule has 7 nitrogen and oxygen atoms in total. The highest BCUT2D eigenvalue weighted by atomic mass is 32.1. The summed E-state index contributed by atoms with van der Waals surface area (Å²) in [5, 5.41) is 0.435. The van der Waals surface area contributed by atoms with E-state index in [4.69, 9.17) is 0 Å². The van der Waals surface area contributed by atoms with Gasteiger partial charge in [0.15, 0.2) is 0 Å². The number of benzene rings is 1. The lowest BCUT2D eigenvalue weighted by Crippen LogP contribution is -2.44. The lowest BCUT2D eigenvalue weighted by atomic mass is 10.2. The third-order valence-electron chi connectivity index (χ3n) is 4.13. The fourth-order valence-corrected chi connectivity index (χ4v) is 3.49. The molecule has 0 aliphatic rings. The maximum absolute atomic E-state index is 13.0. The van der Waals surface area contributed by atoms with Crippen molar-refractivity contribution in [2.45, 2.75) is 26.8 Å². The number of aryl methyl sites for hydroxylation is 3. The van der Waals surface area contributed by atoms with Crippen LogP contribution in [0, 0.1) is 13.8 Å². The van der Waals surface area contributed by atoms with E-state index < -0.39 is 17.2 Å². The second kappa shape index (κ2) is 7.63. The van der Waals surface area contributed by atoms with E-state index in [-0.39, 0.29) is 24.1 Å². The molecule has 0 bridgehead atoms. The van der Waals surface area contributed by atoms with E-state index in [1.807, 2.05) is 13.8 Å². The van der Waals surface area contributed by atoms with Crippen LogP contribution in [0.15, 0.2) is 46.1 Å². The number of hydrogen-bond acceptors (Lipinski definition) is 6. The molecule has 0 spiro atoms. The standard InChI is InChI=1S/C19H17N3O4S/c1-12-13(2)27-16(20-12)15-11-21(9-6-10-23)19(26)22(18(15)25)17(24)14-7-4-3-5-8-14/h3-5,7-8,10-11H,6,9H2,1-2H3. The molecule has 3 aromatic rings. The maximum atomic E-state index is 13.0. The minimum atomic E-state index is -0.774. The molecule has 1 aromatic carbocycles. The minimum absolute atomic E-state index is 0.0705. The summed E-state index contributed by atoms with van der Waals surface area (Å²) in [6.07, 6.45) is 2.14. The molecule has 2 heterocycles. The van der Waals surface area contributed by atoms with Crippen molar-refractivity contribution >= 4 is 23.5 Å². The molecular formula is C19H17N3O4S. The van der Waals surface area contributed by atoms with Crippen LogP contribution in [-0.4, -0.2) is 26.3 Å². The Morgan fingerprint density at radius 2 is 1.89 bits per heavy atom. The molecule has 0 N–H and O–H groups in total. The van der Waals surface area contributed by atoms with Crippen LogP contribution in [0.3, 0.4) is 0 Å². The van der Waals surface area contributed by atoms with Crippen molar-refractivity contribution in [2.24, 2.45) is 0 Å². The summed E-state index contributed by atoms with van der Waals surface area (Å²) in [5.41, 5.74) is -0.330. The normalized spacial score (nSPS) is 10.7. The zero-order chi connectivity index (χ0) is 19.6. The Kier molecular flexibility index (Phi) is 5.27. The number of thiazole rings is 1. The largest absolute Gasteiger partial charge is 0.338 e. The minimum Gasteiger partial charge on any atom is -0.303 e. The van der Waals surface area contributed by atoms with E-state index in [1.54, 1.807) is 18.2 Å². The van der Waals surface area contributed by atoms with Gasteiger partial charge in [-0.05, 0) is 26.0 Å². The van der Waals surface area contributed by atoms with Crippen LogP contribution in [0.2, 0.25) is 0 Å². The van der Waals surface area contributed by atoms with Gasteiger partial charge in [0.2, 0.25) is 0 Å². The van der Waals surface area contributed by atoms with Gasteiger partial charge in [-0.25, -0.2) is 9.78 Å². The van der Waals surface area contributed by atoms with Crippen LogP contribution in [-0.2, 0) is 11.3 Å². The van der Waals surface area contributed by atoms with Crippen molar-refractivity contribution in [1.82, 2.24) is 14.1 Å². The summed E-state index contributed by atoms with van der Waals surface area (Å²) in [6.45, 7) is 3.78. The van der Waals surface area contributed by atoms with Crippen molar-refractivity contribution in [2.75, 3.05) is 0 Å². The van der Waals surface area contributed by atoms with Gasteiger partial charge in [0.1, 0.15) is 11.3 Å². The molecule has 0 aliphatic heterocycles. The van der Waals surface area contributed by atoms with Gasteiger partial charge in [-0.1, -0.05) is 18.2 Å². The average Bonchev–Trinajstić information content (AvgIpc) is 3.00. The maximum Gasteiger partial charge on any atom is 0.338 e. The summed E-state index contributed by atoms with van der Waals surface area (Å²) >= 11 is 1.32. The number of carbonyl (C=O) groups excluding carboxylic acids is 2. The average molecular weight is 383 g/mol. The lowest BCUT2D eigenvalue weighted by molar-refractivity contribution is -0.108. The van der Waals surface area contributed by atoms with Gasteiger partial charge in [-0.2, -0.15) is 4.57 Å². The summed E-state index contributed by atoms with van der Waals surface area (Å²) in [5.74, 6) is -0.711. The first-order chi connectivity index (χ1) is 12.9. The summed E-state index contributed by atoms with van der Waals surface area (Å²) < 4.78 is 1.82. The first kappa shape index (κ1) is 18.7. The van der Waals surface area contributed by atoms with Gasteiger partial charge in [-0.3, -0.25) is 14.2 Å². The van der Waals surface area contributed by atoms with Crippen molar-refractivity contribution in [3.63, 3.8) is 0 Å². The lowest BCUT2D eigenvalue weighted by Gasteiger charge is -2.10. The van der Waals surface area contributed by atoms with Gasteiger partial charge >= 0.3 is 5.69 Å². The number of aromatic nitrogens is 3. The van der Waals surface area contributed by atoms with Crippen molar-refractivity contribution in [3.05, 3.63) is 73.5 Å². The molecule has 2 aromatic heterocycles. The Morgan fingerprint density at radius 1 is 1.19 bits per heavy atom. The Bertz CT molecular complexity index is 1110. The van der Waals surface area contributed by atoms with E-state index in [9.17, 15) is 19.2 Å². The molecule has 0 radical (unpaired) electrons. The van der Waals surface area contributed by atoms with Gasteiger partial charge in [0.25, 0.3) is 11.5 Å². The van der Waals surface area contributed by atoms with Crippen LogP contribution < -0.4 is 11.2 Å². The van der Waals surface area contributed by atoms with E-state index in [1.165, 1.54) is 34.2 Å². The predicted octanol–water partition coefficient (Wildman–Crippen LogP) is 2.03. The van der Waals surface area contributed by atoms with E-state index >= 15 is 0 Å². The molecule has 27 heavy (non-hydrogen) atoms. The topological polar surface area (TPSA) is 91.0 Å². The fraction of sp³-hybridized carbons (Fsp3) is 0.211. The van der Waals surface area contributed by atoms with Crippen molar-refractivity contribution in [1.29, 1.82) is 0 Å². The second-order valence-corrected chi connectivity index (χ2v) is 7.15. The quantitative estimate of drug-likeness (QED) is 0.629. The zero-order valence-corrected chi connectivity index (χ0v) is 15.7. The van der Waals surface area contributed by atoms with Gasteiger partial charge in [-0.15, -0.1) is 11.3 Å². The zero-order valence-electron chi connectivity index (χ0n) is 14.8. The first-order valence-electron chi connectivity index (χ1n) is 8.28. The molecule has 0 aliphatic carbocycles. The summed E-state index contributed by atoms with van der Waals surface area (Å²) in [6, 6.07) is 8.11. The monoisotopic (exact) mass is 383 g/mol. The van der Waals surface area contributed by atoms with Crippen LogP contribution in [0.1, 0.15) is 27.3 Å². The van der Waals surface area contributed by atoms with E-state index in [0.717, 1.165) is 10.6 Å². The number of hydrogen-bond donors (Lipinski definition) is 0. The Labute approximate surface area is 158 Å². The Morgan fingerprint density at radius 3 is 2.48 bits per heavy atom. The molecule has 0 saturated heterocycles. The number of rotatable bonds is 5. The molecule has 0 unspecified atom stereocenters. The van der Waals surface area contributed by atoms with Crippen molar-refractivity contribution < 1.29 is 9.59 Å². The van der Waals surface area contributed by atoms with Crippen LogP contribution in [0.4, 0.5) is 0 Å². The summed E-state index contributed by atoms with van der Waals surface area (Å²) in [4.78, 5) is 54.6. The number of aldehydes is 1. The second-order valence-electron chi connectivity index (χ2n) is 5.95. The Balaban J connectivity index is 2.26. The van der Waals surface area contributed by atoms with Gasteiger partial charge in [0, 0.05) is 29.6 Å². The highest BCUT2D eigenvalue weighted by molar-refractivity contribution is 7.15.